The van der Waals surface area contributed by atoms with Gasteiger partial charge in [-0.3, -0.25) is 4.79 Å². The van der Waals surface area contributed by atoms with Gasteiger partial charge in [0.05, 0.1) is 6.04 Å². The average molecular weight is 338 g/mol. The van der Waals surface area contributed by atoms with Gasteiger partial charge in [-0.15, -0.1) is 0 Å². The lowest BCUT2D eigenvalue weighted by atomic mass is 10.1. The van der Waals surface area contributed by atoms with Crippen molar-refractivity contribution < 1.29 is 4.79 Å². The van der Waals surface area contributed by atoms with Crippen molar-refractivity contribution in [1.29, 1.82) is 0 Å². The zero-order valence-corrected chi connectivity index (χ0v) is 14.8. The summed E-state index contributed by atoms with van der Waals surface area (Å²) in [6, 6.07) is 8.05. The van der Waals surface area contributed by atoms with Crippen LogP contribution in [0.3, 0.4) is 0 Å². The summed E-state index contributed by atoms with van der Waals surface area (Å²) in [6.07, 6.45) is 9.89. The molecule has 0 radical (unpaired) electrons. The number of aromatic nitrogens is 2. The van der Waals surface area contributed by atoms with Gasteiger partial charge in [0.15, 0.2) is 0 Å². The minimum absolute atomic E-state index is 0.00858. The average Bonchev–Trinajstić information content (AvgIpc) is 3.41. The molecule has 0 unspecified atom stereocenters. The summed E-state index contributed by atoms with van der Waals surface area (Å²) in [5.74, 6) is 1.45. The molecule has 2 fully saturated rings. The second-order valence-electron chi connectivity index (χ2n) is 7.28. The third-order valence-corrected chi connectivity index (χ3v) is 5.37. The molecule has 132 valence electrons. The number of hydrogen-bond donors (Lipinski definition) is 1. The topological polar surface area (TPSA) is 50.2 Å². The van der Waals surface area contributed by atoms with Crippen molar-refractivity contribution in [2.24, 2.45) is 13.0 Å². The van der Waals surface area contributed by atoms with Crippen LogP contribution in [0.25, 0.3) is 0 Å². The first-order chi connectivity index (χ1) is 12.2. The van der Waals surface area contributed by atoms with Gasteiger partial charge in [0.1, 0.15) is 5.82 Å². The monoisotopic (exact) mass is 338 g/mol. The summed E-state index contributed by atoms with van der Waals surface area (Å²) in [7, 11) is 1.98. The Kier molecular flexibility index (Phi) is 4.47. The molecule has 1 N–H and O–H groups in total. The Labute approximate surface area is 149 Å². The first kappa shape index (κ1) is 16.2. The molecule has 1 saturated carbocycles. The lowest BCUT2D eigenvalue weighted by Crippen LogP contribution is -2.32. The zero-order chi connectivity index (χ0) is 17.2. The SMILES string of the molecule is Cn1ccnc1[C@H](NC(=O)c1ccc(N2CCCCC2)cc1)C1CC1. The smallest absolute Gasteiger partial charge is 0.251 e. The molecule has 2 heterocycles. The van der Waals surface area contributed by atoms with Gasteiger partial charge in [-0.05, 0) is 62.3 Å². The molecule has 25 heavy (non-hydrogen) atoms. The number of carbonyl (C=O) groups is 1. The van der Waals surface area contributed by atoms with Gasteiger partial charge in [-0.2, -0.15) is 0 Å². The number of amides is 1. The molecule has 1 aliphatic heterocycles. The highest BCUT2D eigenvalue weighted by Crippen LogP contribution is 2.40. The van der Waals surface area contributed by atoms with Crippen molar-refractivity contribution in [3.8, 4) is 0 Å². The van der Waals surface area contributed by atoms with E-state index in [0.29, 0.717) is 5.92 Å². The van der Waals surface area contributed by atoms with E-state index in [1.165, 1.54) is 24.9 Å². The Morgan fingerprint density at radius 3 is 2.48 bits per heavy atom. The predicted octanol–water partition coefficient (Wildman–Crippen LogP) is 3.29. The van der Waals surface area contributed by atoms with Gasteiger partial charge >= 0.3 is 0 Å². The van der Waals surface area contributed by atoms with E-state index in [4.69, 9.17) is 0 Å². The van der Waals surface area contributed by atoms with Gasteiger partial charge in [0, 0.05) is 43.8 Å². The Hall–Kier alpha value is -2.30. The fourth-order valence-corrected chi connectivity index (χ4v) is 3.70. The van der Waals surface area contributed by atoms with Crippen LogP contribution in [-0.4, -0.2) is 28.5 Å². The molecule has 5 nitrogen and oxygen atoms in total. The fourth-order valence-electron chi connectivity index (χ4n) is 3.70. The predicted molar refractivity (Wildman–Crippen MR) is 98.6 cm³/mol. The van der Waals surface area contributed by atoms with E-state index in [0.717, 1.165) is 37.3 Å². The van der Waals surface area contributed by atoms with Crippen LogP contribution in [-0.2, 0) is 7.05 Å². The molecular formula is C20H26N4O. The summed E-state index contributed by atoms with van der Waals surface area (Å²) in [4.78, 5) is 19.6. The number of piperidine rings is 1. The molecule has 1 saturated heterocycles. The van der Waals surface area contributed by atoms with Crippen molar-refractivity contribution in [2.75, 3.05) is 18.0 Å². The van der Waals surface area contributed by atoms with E-state index < -0.39 is 0 Å². The Balaban J connectivity index is 1.45. The molecule has 2 aliphatic rings. The van der Waals surface area contributed by atoms with E-state index in [2.05, 4.69) is 27.3 Å². The third kappa shape index (κ3) is 3.55. The largest absolute Gasteiger partial charge is 0.372 e. The van der Waals surface area contributed by atoms with Crippen LogP contribution in [0.1, 0.15) is 54.3 Å². The standard InChI is InChI=1S/C20H26N4O/c1-23-14-11-21-19(23)18(15-5-6-15)22-20(25)16-7-9-17(10-8-16)24-12-3-2-4-13-24/h7-11,14-15,18H,2-6,12-13H2,1H3,(H,22,25)/t18-/m1/s1. The first-order valence-corrected chi connectivity index (χ1v) is 9.35. The Bertz CT molecular complexity index is 726. The normalized spacial score (nSPS) is 18.8. The fraction of sp³-hybridized carbons (Fsp3) is 0.500. The van der Waals surface area contributed by atoms with Gasteiger partial charge < -0.3 is 14.8 Å². The second kappa shape index (κ2) is 6.90. The van der Waals surface area contributed by atoms with Crippen LogP contribution >= 0.6 is 0 Å². The summed E-state index contributed by atoms with van der Waals surface area (Å²) in [5.41, 5.74) is 1.94. The Morgan fingerprint density at radius 1 is 1.16 bits per heavy atom. The molecule has 0 bridgehead atoms. The van der Waals surface area contributed by atoms with Crippen LogP contribution in [0.4, 0.5) is 5.69 Å². The van der Waals surface area contributed by atoms with Gasteiger partial charge in [0.2, 0.25) is 0 Å². The molecule has 1 aromatic carbocycles. The molecule has 5 heteroatoms. The number of nitrogens with zero attached hydrogens (tertiary/aromatic N) is 3. The van der Waals surface area contributed by atoms with E-state index in [-0.39, 0.29) is 11.9 Å². The van der Waals surface area contributed by atoms with Crippen molar-refractivity contribution in [1.82, 2.24) is 14.9 Å². The van der Waals surface area contributed by atoms with Crippen LogP contribution in [0.2, 0.25) is 0 Å². The van der Waals surface area contributed by atoms with Crippen molar-refractivity contribution in [2.45, 2.75) is 38.1 Å². The van der Waals surface area contributed by atoms with E-state index >= 15 is 0 Å². The maximum Gasteiger partial charge on any atom is 0.251 e. The quantitative estimate of drug-likeness (QED) is 0.910. The van der Waals surface area contributed by atoms with Gasteiger partial charge in [0.25, 0.3) is 5.91 Å². The van der Waals surface area contributed by atoms with Crippen LogP contribution in [0.15, 0.2) is 36.7 Å². The number of rotatable bonds is 5. The Morgan fingerprint density at radius 2 is 1.88 bits per heavy atom. The minimum atomic E-state index is -0.00917. The van der Waals surface area contributed by atoms with Gasteiger partial charge in [-0.25, -0.2) is 4.98 Å². The second-order valence-corrected chi connectivity index (χ2v) is 7.28. The lowest BCUT2D eigenvalue weighted by Gasteiger charge is -2.28. The summed E-state index contributed by atoms with van der Waals surface area (Å²) in [5, 5.41) is 3.20. The number of carbonyl (C=O) groups excluding carboxylic acids is 1. The molecule has 1 aromatic heterocycles. The molecule has 1 atom stereocenters. The molecule has 0 spiro atoms. The maximum absolute atomic E-state index is 12.7. The van der Waals surface area contributed by atoms with E-state index in [1.54, 1.807) is 6.20 Å². The highest BCUT2D eigenvalue weighted by Gasteiger charge is 2.35. The number of benzene rings is 1. The molecule has 1 amide bonds. The van der Waals surface area contributed by atoms with Crippen LogP contribution < -0.4 is 10.2 Å². The molecule has 1 aliphatic carbocycles. The maximum atomic E-state index is 12.7. The number of imidazole rings is 1. The van der Waals surface area contributed by atoms with Crippen molar-refractivity contribution >= 4 is 11.6 Å². The summed E-state index contributed by atoms with van der Waals surface area (Å²) >= 11 is 0. The summed E-state index contributed by atoms with van der Waals surface area (Å²) < 4.78 is 2.00. The first-order valence-electron chi connectivity index (χ1n) is 9.35. The van der Waals surface area contributed by atoms with Crippen LogP contribution in [0, 0.1) is 5.92 Å². The molecule has 2 aromatic rings. The van der Waals surface area contributed by atoms with Crippen molar-refractivity contribution in [3.05, 3.63) is 48.0 Å². The lowest BCUT2D eigenvalue weighted by molar-refractivity contribution is 0.0929. The highest BCUT2D eigenvalue weighted by molar-refractivity contribution is 5.94. The van der Waals surface area contributed by atoms with E-state index in [9.17, 15) is 4.79 Å². The summed E-state index contributed by atoms with van der Waals surface area (Å²) in [6.45, 7) is 2.24. The molecule has 4 rings (SSSR count). The zero-order valence-electron chi connectivity index (χ0n) is 14.8. The van der Waals surface area contributed by atoms with Gasteiger partial charge in [-0.1, -0.05) is 0 Å². The van der Waals surface area contributed by atoms with Crippen LogP contribution in [0.5, 0.6) is 0 Å². The number of anilines is 1. The number of hydrogen-bond acceptors (Lipinski definition) is 3. The highest BCUT2D eigenvalue weighted by atomic mass is 16.1. The van der Waals surface area contributed by atoms with E-state index in [1.807, 2.05) is 29.9 Å². The van der Waals surface area contributed by atoms with Crippen molar-refractivity contribution in [3.63, 3.8) is 0 Å². The third-order valence-electron chi connectivity index (χ3n) is 5.37. The molecular weight excluding hydrogens is 312 g/mol. The number of nitrogens with one attached hydrogen (secondary N) is 1. The number of aryl methyl sites for hydroxylation is 1. The minimum Gasteiger partial charge on any atom is -0.372 e.